The third kappa shape index (κ3) is 6.08. The first-order valence-electron chi connectivity index (χ1n) is 8.54. The molecule has 1 heterocycles. The van der Waals surface area contributed by atoms with Gasteiger partial charge in [-0.05, 0) is 43.3 Å². The Morgan fingerprint density at radius 2 is 1.62 bits per heavy atom. The van der Waals surface area contributed by atoms with Crippen LogP contribution in [0, 0.1) is 0 Å². The van der Waals surface area contributed by atoms with Gasteiger partial charge in [0, 0.05) is 43.2 Å². The molecule has 0 fully saturated rings. The number of nitrogens with zero attached hydrogens (tertiary/aromatic N) is 1. The number of hydrogen-bond donors (Lipinski definition) is 2. The van der Waals surface area contributed by atoms with E-state index in [1.54, 1.807) is 19.1 Å². The van der Waals surface area contributed by atoms with E-state index >= 15 is 0 Å². The van der Waals surface area contributed by atoms with E-state index < -0.39 is 0 Å². The van der Waals surface area contributed by atoms with Gasteiger partial charge in [-0.3, -0.25) is 14.4 Å². The van der Waals surface area contributed by atoms with Gasteiger partial charge in [-0.1, -0.05) is 0 Å². The molecule has 0 aliphatic rings. The lowest BCUT2D eigenvalue weighted by Crippen LogP contribution is -2.34. The van der Waals surface area contributed by atoms with Crippen LogP contribution in [0.4, 0.5) is 0 Å². The summed E-state index contributed by atoms with van der Waals surface area (Å²) in [7, 11) is 0. The third-order valence-electron chi connectivity index (χ3n) is 3.63. The van der Waals surface area contributed by atoms with Gasteiger partial charge >= 0.3 is 5.97 Å². The minimum Gasteiger partial charge on any atom is -0.466 e. The van der Waals surface area contributed by atoms with Crippen molar-refractivity contribution in [2.24, 2.45) is 0 Å². The second kappa shape index (κ2) is 10.0. The molecule has 7 heteroatoms. The average Bonchev–Trinajstić information content (AvgIpc) is 3.18. The second-order valence-electron chi connectivity index (χ2n) is 5.55. The summed E-state index contributed by atoms with van der Waals surface area (Å²) in [5, 5.41) is 5.39. The highest BCUT2D eigenvalue weighted by atomic mass is 16.5. The summed E-state index contributed by atoms with van der Waals surface area (Å²) < 4.78 is 6.70. The second-order valence-corrected chi connectivity index (χ2v) is 5.55. The summed E-state index contributed by atoms with van der Waals surface area (Å²) >= 11 is 0. The maximum Gasteiger partial charge on any atom is 0.306 e. The van der Waals surface area contributed by atoms with Crippen LogP contribution in [0.2, 0.25) is 0 Å². The molecule has 26 heavy (non-hydrogen) atoms. The van der Waals surface area contributed by atoms with Crippen molar-refractivity contribution in [3.05, 3.63) is 54.4 Å². The standard InChI is InChI=1S/C19H23N3O4/c1-2-26-18(24)10-9-17(23)20-11-12-21-19(25)15-5-7-16(8-6-15)22-13-3-4-14-22/h3-8,13-14H,2,9-12H2,1H3,(H,20,23)(H,21,25). The van der Waals surface area contributed by atoms with Gasteiger partial charge in [-0.25, -0.2) is 0 Å². The smallest absolute Gasteiger partial charge is 0.306 e. The number of esters is 1. The Morgan fingerprint density at radius 3 is 2.27 bits per heavy atom. The fraction of sp³-hybridized carbons (Fsp3) is 0.316. The molecule has 0 aliphatic heterocycles. The summed E-state index contributed by atoms with van der Waals surface area (Å²) in [6.45, 7) is 2.63. The maximum atomic E-state index is 12.1. The Balaban J connectivity index is 1.67. The Kier molecular flexibility index (Phi) is 7.42. The fourth-order valence-corrected chi connectivity index (χ4v) is 2.31. The van der Waals surface area contributed by atoms with Crippen molar-refractivity contribution < 1.29 is 19.1 Å². The van der Waals surface area contributed by atoms with Gasteiger partial charge in [-0.15, -0.1) is 0 Å². The lowest BCUT2D eigenvalue weighted by molar-refractivity contribution is -0.144. The summed E-state index contributed by atoms with van der Waals surface area (Å²) in [6.07, 6.45) is 3.99. The molecule has 1 aromatic heterocycles. The topological polar surface area (TPSA) is 89.4 Å². The molecular weight excluding hydrogens is 334 g/mol. The first-order valence-corrected chi connectivity index (χ1v) is 8.54. The van der Waals surface area contributed by atoms with Crippen LogP contribution >= 0.6 is 0 Å². The van der Waals surface area contributed by atoms with E-state index in [4.69, 9.17) is 4.74 Å². The van der Waals surface area contributed by atoms with E-state index in [1.807, 2.05) is 41.2 Å². The normalized spacial score (nSPS) is 10.2. The average molecular weight is 357 g/mol. The minimum absolute atomic E-state index is 0.0553. The molecule has 0 saturated carbocycles. The number of carbonyl (C=O) groups excluding carboxylic acids is 3. The van der Waals surface area contributed by atoms with E-state index in [9.17, 15) is 14.4 Å². The van der Waals surface area contributed by atoms with Gasteiger partial charge < -0.3 is 19.9 Å². The number of nitrogens with one attached hydrogen (secondary N) is 2. The van der Waals surface area contributed by atoms with Crippen molar-refractivity contribution in [3.8, 4) is 5.69 Å². The first kappa shape index (κ1) is 19.2. The summed E-state index contributed by atoms with van der Waals surface area (Å²) in [4.78, 5) is 34.8. The van der Waals surface area contributed by atoms with Crippen LogP contribution < -0.4 is 10.6 Å². The Morgan fingerprint density at radius 1 is 0.962 bits per heavy atom. The number of rotatable bonds is 9. The van der Waals surface area contributed by atoms with Crippen molar-refractivity contribution in [2.45, 2.75) is 19.8 Å². The van der Waals surface area contributed by atoms with Crippen LogP contribution in [-0.2, 0) is 14.3 Å². The van der Waals surface area contributed by atoms with Gasteiger partial charge in [0.2, 0.25) is 5.91 Å². The molecule has 2 N–H and O–H groups in total. The molecule has 2 rings (SSSR count). The van der Waals surface area contributed by atoms with E-state index in [-0.39, 0.29) is 30.6 Å². The van der Waals surface area contributed by atoms with Crippen LogP contribution in [0.15, 0.2) is 48.8 Å². The zero-order chi connectivity index (χ0) is 18.8. The molecule has 0 radical (unpaired) electrons. The van der Waals surface area contributed by atoms with Crippen LogP contribution in [0.3, 0.4) is 0 Å². The van der Waals surface area contributed by atoms with Gasteiger partial charge in [0.25, 0.3) is 5.91 Å². The van der Waals surface area contributed by atoms with Gasteiger partial charge in [0.05, 0.1) is 13.0 Å². The number of aromatic nitrogens is 1. The molecule has 7 nitrogen and oxygen atoms in total. The van der Waals surface area contributed by atoms with Crippen LogP contribution in [0.25, 0.3) is 5.69 Å². The Hall–Kier alpha value is -3.09. The molecule has 1 aromatic carbocycles. The third-order valence-corrected chi connectivity index (χ3v) is 3.63. The molecule has 2 aromatic rings. The molecule has 138 valence electrons. The van der Waals surface area contributed by atoms with E-state index in [0.29, 0.717) is 25.3 Å². The summed E-state index contributed by atoms with van der Waals surface area (Å²) in [5.74, 6) is -0.840. The number of ether oxygens (including phenoxy) is 1. The summed E-state index contributed by atoms with van der Waals surface area (Å²) in [6, 6.07) is 11.1. The number of hydrogen-bond acceptors (Lipinski definition) is 4. The Bertz CT molecular complexity index is 724. The quantitative estimate of drug-likeness (QED) is 0.528. The highest BCUT2D eigenvalue weighted by Crippen LogP contribution is 2.09. The van der Waals surface area contributed by atoms with Gasteiger partial charge in [0.15, 0.2) is 0 Å². The fourth-order valence-electron chi connectivity index (χ4n) is 2.31. The van der Waals surface area contributed by atoms with Crippen LogP contribution in [0.1, 0.15) is 30.1 Å². The Labute approximate surface area is 152 Å². The van der Waals surface area contributed by atoms with Crippen molar-refractivity contribution >= 4 is 17.8 Å². The van der Waals surface area contributed by atoms with Crippen molar-refractivity contribution in [3.63, 3.8) is 0 Å². The van der Waals surface area contributed by atoms with E-state index in [1.165, 1.54) is 0 Å². The molecule has 0 atom stereocenters. The van der Waals surface area contributed by atoms with Crippen molar-refractivity contribution in [2.75, 3.05) is 19.7 Å². The number of benzene rings is 1. The molecule has 2 amide bonds. The van der Waals surface area contributed by atoms with Crippen molar-refractivity contribution in [1.29, 1.82) is 0 Å². The largest absolute Gasteiger partial charge is 0.466 e. The maximum absolute atomic E-state index is 12.1. The zero-order valence-electron chi connectivity index (χ0n) is 14.7. The predicted octanol–water partition coefficient (Wildman–Crippen LogP) is 1.67. The highest BCUT2D eigenvalue weighted by molar-refractivity contribution is 5.94. The lowest BCUT2D eigenvalue weighted by atomic mass is 10.2. The molecule has 0 aliphatic carbocycles. The lowest BCUT2D eigenvalue weighted by Gasteiger charge is -2.08. The monoisotopic (exact) mass is 357 g/mol. The van der Waals surface area contributed by atoms with E-state index in [0.717, 1.165) is 5.69 Å². The number of carbonyl (C=O) groups is 3. The number of amides is 2. The van der Waals surface area contributed by atoms with Crippen LogP contribution in [-0.4, -0.2) is 42.0 Å². The zero-order valence-corrected chi connectivity index (χ0v) is 14.7. The molecule has 0 bridgehead atoms. The van der Waals surface area contributed by atoms with Crippen molar-refractivity contribution in [1.82, 2.24) is 15.2 Å². The molecule has 0 spiro atoms. The molecule has 0 saturated heterocycles. The molecular formula is C19H23N3O4. The SMILES string of the molecule is CCOC(=O)CCC(=O)NCCNC(=O)c1ccc(-n2cccc2)cc1. The summed E-state index contributed by atoms with van der Waals surface area (Å²) in [5.41, 5.74) is 1.52. The minimum atomic E-state index is -0.390. The van der Waals surface area contributed by atoms with E-state index in [2.05, 4.69) is 10.6 Å². The molecule has 0 unspecified atom stereocenters. The van der Waals surface area contributed by atoms with Gasteiger partial charge in [0.1, 0.15) is 0 Å². The first-order chi connectivity index (χ1) is 12.6. The van der Waals surface area contributed by atoms with Gasteiger partial charge in [-0.2, -0.15) is 0 Å². The predicted molar refractivity (Wildman–Crippen MR) is 97.0 cm³/mol. The highest BCUT2D eigenvalue weighted by Gasteiger charge is 2.08. The van der Waals surface area contributed by atoms with Crippen LogP contribution in [0.5, 0.6) is 0 Å².